The van der Waals surface area contributed by atoms with Crippen LogP contribution in [0.15, 0.2) is 42.6 Å². The number of nitrogens with zero attached hydrogens (tertiary/aromatic N) is 2. The molecule has 4 nitrogen and oxygen atoms in total. The fourth-order valence-electron chi connectivity index (χ4n) is 1.77. The number of rotatable bonds is 3. The van der Waals surface area contributed by atoms with Crippen LogP contribution in [0.2, 0.25) is 4.34 Å². The van der Waals surface area contributed by atoms with E-state index in [-0.39, 0.29) is 5.91 Å². The van der Waals surface area contributed by atoms with Crippen molar-refractivity contribution >= 4 is 34.4 Å². The Morgan fingerprint density at radius 2 is 2.26 bits per heavy atom. The second kappa shape index (κ2) is 5.03. The number of amides is 1. The molecule has 96 valence electrons. The maximum absolute atomic E-state index is 11.9. The van der Waals surface area contributed by atoms with Crippen LogP contribution >= 0.6 is 22.9 Å². The summed E-state index contributed by atoms with van der Waals surface area (Å²) >= 11 is 7.06. The smallest absolute Gasteiger partial charge is 0.261 e. The van der Waals surface area contributed by atoms with Crippen LogP contribution in [0.4, 0.5) is 0 Å². The van der Waals surface area contributed by atoms with Gasteiger partial charge >= 0.3 is 0 Å². The van der Waals surface area contributed by atoms with Crippen molar-refractivity contribution < 1.29 is 4.79 Å². The van der Waals surface area contributed by atoms with Crippen molar-refractivity contribution in [3.8, 4) is 0 Å². The van der Waals surface area contributed by atoms with E-state index >= 15 is 0 Å². The number of thiophene rings is 1. The molecule has 0 aliphatic heterocycles. The SMILES string of the molecule is O=C(NCc1cc2ccccn2n1)c1ccc(Cl)s1. The number of carbonyl (C=O) groups is 1. The van der Waals surface area contributed by atoms with E-state index in [0.717, 1.165) is 11.2 Å². The molecular weight excluding hydrogens is 282 g/mol. The van der Waals surface area contributed by atoms with Crippen molar-refractivity contribution in [1.29, 1.82) is 0 Å². The summed E-state index contributed by atoms with van der Waals surface area (Å²) in [5.41, 5.74) is 1.83. The number of hydrogen-bond acceptors (Lipinski definition) is 3. The Morgan fingerprint density at radius 1 is 1.37 bits per heavy atom. The molecule has 0 bridgehead atoms. The summed E-state index contributed by atoms with van der Waals surface area (Å²) in [4.78, 5) is 12.5. The highest BCUT2D eigenvalue weighted by molar-refractivity contribution is 7.17. The van der Waals surface area contributed by atoms with Gasteiger partial charge in [0.05, 0.1) is 27.0 Å². The van der Waals surface area contributed by atoms with E-state index in [0.29, 0.717) is 15.8 Å². The van der Waals surface area contributed by atoms with Gasteiger partial charge in [0, 0.05) is 6.20 Å². The van der Waals surface area contributed by atoms with E-state index in [9.17, 15) is 4.79 Å². The highest BCUT2D eigenvalue weighted by Crippen LogP contribution is 2.21. The molecule has 0 radical (unpaired) electrons. The van der Waals surface area contributed by atoms with E-state index in [1.165, 1.54) is 11.3 Å². The average Bonchev–Trinajstić information content (AvgIpc) is 3.01. The summed E-state index contributed by atoms with van der Waals surface area (Å²) < 4.78 is 2.39. The minimum absolute atomic E-state index is 0.131. The summed E-state index contributed by atoms with van der Waals surface area (Å²) in [5, 5.41) is 7.19. The number of halogens is 1. The molecular formula is C13H10ClN3OS. The number of pyridine rings is 1. The molecule has 0 aromatic carbocycles. The van der Waals surface area contributed by atoms with E-state index in [2.05, 4.69) is 10.4 Å². The highest BCUT2D eigenvalue weighted by atomic mass is 35.5. The zero-order valence-electron chi connectivity index (χ0n) is 9.84. The molecule has 3 aromatic heterocycles. The molecule has 0 aliphatic carbocycles. The Balaban J connectivity index is 1.70. The summed E-state index contributed by atoms with van der Waals surface area (Å²) in [6.07, 6.45) is 1.87. The zero-order valence-corrected chi connectivity index (χ0v) is 11.4. The molecule has 3 heterocycles. The van der Waals surface area contributed by atoms with Crippen LogP contribution in [0.25, 0.3) is 5.52 Å². The predicted octanol–water partition coefficient (Wildman–Crippen LogP) is 2.98. The lowest BCUT2D eigenvalue weighted by molar-refractivity contribution is 0.0954. The first kappa shape index (κ1) is 12.2. The molecule has 3 aromatic rings. The molecule has 1 N–H and O–H groups in total. The molecule has 0 fully saturated rings. The van der Waals surface area contributed by atoms with Crippen LogP contribution in [-0.4, -0.2) is 15.5 Å². The molecule has 0 saturated heterocycles. The van der Waals surface area contributed by atoms with Crippen molar-refractivity contribution in [2.45, 2.75) is 6.54 Å². The minimum Gasteiger partial charge on any atom is -0.346 e. The van der Waals surface area contributed by atoms with Gasteiger partial charge in [-0.2, -0.15) is 5.10 Å². The normalized spacial score (nSPS) is 10.8. The standard InChI is InChI=1S/C13H10ClN3OS/c14-12-5-4-11(19-12)13(18)15-8-9-7-10-3-1-2-6-17(10)16-9/h1-7H,8H2,(H,15,18). The highest BCUT2D eigenvalue weighted by Gasteiger charge is 2.09. The van der Waals surface area contributed by atoms with E-state index in [1.54, 1.807) is 16.6 Å². The monoisotopic (exact) mass is 291 g/mol. The predicted molar refractivity (Wildman–Crippen MR) is 75.7 cm³/mol. The van der Waals surface area contributed by atoms with Crippen LogP contribution in [0.5, 0.6) is 0 Å². The molecule has 0 aliphatic rings. The Hall–Kier alpha value is -1.85. The molecule has 0 spiro atoms. The van der Waals surface area contributed by atoms with Gasteiger partial charge in [0.15, 0.2) is 0 Å². The second-order valence-electron chi connectivity index (χ2n) is 3.99. The van der Waals surface area contributed by atoms with E-state index in [1.807, 2.05) is 30.5 Å². The van der Waals surface area contributed by atoms with Gasteiger partial charge in [0.2, 0.25) is 0 Å². The van der Waals surface area contributed by atoms with Crippen molar-refractivity contribution in [3.05, 3.63) is 57.5 Å². The molecule has 0 atom stereocenters. The zero-order chi connectivity index (χ0) is 13.2. The summed E-state index contributed by atoms with van der Waals surface area (Å²) in [7, 11) is 0. The fraction of sp³-hybridized carbons (Fsp3) is 0.0769. The van der Waals surface area contributed by atoms with Crippen LogP contribution in [0.3, 0.4) is 0 Å². The van der Waals surface area contributed by atoms with Crippen LogP contribution in [-0.2, 0) is 6.54 Å². The summed E-state index contributed by atoms with van der Waals surface area (Å²) in [5.74, 6) is -0.131. The maximum atomic E-state index is 11.9. The van der Waals surface area contributed by atoms with Crippen molar-refractivity contribution in [2.75, 3.05) is 0 Å². The molecule has 6 heteroatoms. The number of carbonyl (C=O) groups excluding carboxylic acids is 1. The van der Waals surface area contributed by atoms with E-state index < -0.39 is 0 Å². The minimum atomic E-state index is -0.131. The van der Waals surface area contributed by atoms with Gasteiger partial charge in [0.1, 0.15) is 0 Å². The quantitative estimate of drug-likeness (QED) is 0.806. The van der Waals surface area contributed by atoms with Gasteiger partial charge in [-0.15, -0.1) is 11.3 Å². The largest absolute Gasteiger partial charge is 0.346 e. The Morgan fingerprint density at radius 3 is 3.00 bits per heavy atom. The average molecular weight is 292 g/mol. The third-order valence-corrected chi connectivity index (χ3v) is 3.88. The third kappa shape index (κ3) is 2.62. The first-order valence-electron chi connectivity index (χ1n) is 5.69. The van der Waals surface area contributed by atoms with Gasteiger partial charge in [0.25, 0.3) is 5.91 Å². The topological polar surface area (TPSA) is 46.4 Å². The van der Waals surface area contributed by atoms with Gasteiger partial charge in [-0.25, -0.2) is 4.52 Å². The van der Waals surface area contributed by atoms with Gasteiger partial charge in [-0.05, 0) is 30.3 Å². The lowest BCUT2D eigenvalue weighted by Crippen LogP contribution is -2.21. The van der Waals surface area contributed by atoms with Gasteiger partial charge in [-0.1, -0.05) is 17.7 Å². The molecule has 19 heavy (non-hydrogen) atoms. The van der Waals surface area contributed by atoms with Crippen LogP contribution in [0, 0.1) is 0 Å². The van der Waals surface area contributed by atoms with Gasteiger partial charge < -0.3 is 5.32 Å². The first-order valence-corrected chi connectivity index (χ1v) is 6.89. The molecule has 0 saturated carbocycles. The fourth-order valence-corrected chi connectivity index (χ4v) is 2.73. The van der Waals surface area contributed by atoms with Crippen molar-refractivity contribution in [2.24, 2.45) is 0 Å². The second-order valence-corrected chi connectivity index (χ2v) is 5.71. The molecule has 3 rings (SSSR count). The Bertz CT molecular complexity index is 701. The Kier molecular flexibility index (Phi) is 3.23. The van der Waals surface area contributed by atoms with E-state index in [4.69, 9.17) is 11.6 Å². The lowest BCUT2D eigenvalue weighted by Gasteiger charge is -1.99. The number of aromatic nitrogens is 2. The van der Waals surface area contributed by atoms with Crippen molar-refractivity contribution in [1.82, 2.24) is 14.9 Å². The number of nitrogens with one attached hydrogen (secondary N) is 1. The number of hydrogen-bond donors (Lipinski definition) is 1. The lowest BCUT2D eigenvalue weighted by atomic mass is 10.3. The number of fused-ring (bicyclic) bond motifs is 1. The van der Waals surface area contributed by atoms with Crippen LogP contribution in [0.1, 0.15) is 15.4 Å². The molecule has 1 amide bonds. The maximum Gasteiger partial charge on any atom is 0.261 e. The van der Waals surface area contributed by atoms with Crippen molar-refractivity contribution in [3.63, 3.8) is 0 Å². The van der Waals surface area contributed by atoms with Gasteiger partial charge in [-0.3, -0.25) is 4.79 Å². The summed E-state index contributed by atoms with van der Waals surface area (Å²) in [6, 6.07) is 11.2. The molecule has 0 unspecified atom stereocenters. The third-order valence-electron chi connectivity index (χ3n) is 2.65. The first-order chi connectivity index (χ1) is 9.22. The van der Waals surface area contributed by atoms with Crippen LogP contribution < -0.4 is 5.32 Å². The Labute approximate surface area is 118 Å². The summed E-state index contributed by atoms with van der Waals surface area (Å²) in [6.45, 7) is 0.399.